The van der Waals surface area contributed by atoms with E-state index in [1.54, 1.807) is 0 Å². The van der Waals surface area contributed by atoms with Crippen LogP contribution in [-0.2, 0) is 12.8 Å². The molecule has 0 N–H and O–H groups in total. The van der Waals surface area contributed by atoms with Crippen molar-refractivity contribution < 1.29 is 0 Å². The zero-order valence-electron chi connectivity index (χ0n) is 25.8. The highest BCUT2D eigenvalue weighted by Gasteiger charge is 2.16. The molecule has 0 aliphatic rings. The average Bonchev–Trinajstić information content (AvgIpc) is 3.11. The Balaban J connectivity index is 1.24. The van der Waals surface area contributed by atoms with Gasteiger partial charge in [-0.3, -0.25) is 0 Å². The van der Waals surface area contributed by atoms with Crippen LogP contribution in [0.5, 0.6) is 0 Å². The van der Waals surface area contributed by atoms with Gasteiger partial charge < -0.3 is 9.80 Å². The molecule has 222 valence electrons. The molecule has 0 aliphatic carbocycles. The van der Waals surface area contributed by atoms with Crippen molar-refractivity contribution >= 4 is 34.1 Å². The molecule has 2 heteroatoms. The lowest BCUT2D eigenvalue weighted by molar-refractivity contribution is 1.17. The number of rotatable bonds is 10. The molecule has 0 spiro atoms. The van der Waals surface area contributed by atoms with Gasteiger partial charge in [0, 0.05) is 34.1 Å². The van der Waals surface area contributed by atoms with E-state index in [0.29, 0.717) is 0 Å². The largest absolute Gasteiger partial charge is 0.310 e. The molecule has 0 amide bonds. The van der Waals surface area contributed by atoms with Crippen LogP contribution in [-0.4, -0.2) is 0 Å². The fourth-order valence-corrected chi connectivity index (χ4v) is 6.07. The van der Waals surface area contributed by atoms with Crippen molar-refractivity contribution in [3.63, 3.8) is 0 Å². The fraction of sp³-hybridized carbons (Fsp3) is 0.0455. The molecule has 0 saturated heterocycles. The molecule has 0 unspecified atom stereocenters. The Hall–Kier alpha value is -5.86. The molecule has 7 rings (SSSR count). The molecule has 46 heavy (non-hydrogen) atoms. The summed E-state index contributed by atoms with van der Waals surface area (Å²) in [5.74, 6) is 0. The average molecular weight is 593 g/mol. The highest BCUT2D eigenvalue weighted by atomic mass is 15.2. The Kier molecular flexibility index (Phi) is 8.69. The van der Waals surface area contributed by atoms with E-state index in [0.717, 1.165) is 47.0 Å². The van der Waals surface area contributed by atoms with Crippen molar-refractivity contribution in [2.24, 2.45) is 0 Å². The van der Waals surface area contributed by atoms with E-state index in [4.69, 9.17) is 0 Å². The monoisotopic (exact) mass is 592 g/mol. The second kappa shape index (κ2) is 13.8. The van der Waals surface area contributed by atoms with Crippen LogP contribution in [0.15, 0.2) is 194 Å². The number of hydrogen-bond acceptors (Lipinski definition) is 2. The summed E-state index contributed by atoms with van der Waals surface area (Å²) >= 11 is 0. The molecule has 0 bridgehead atoms. The lowest BCUT2D eigenvalue weighted by Crippen LogP contribution is -2.12. The van der Waals surface area contributed by atoms with Gasteiger partial charge in [-0.1, -0.05) is 121 Å². The van der Waals surface area contributed by atoms with Gasteiger partial charge in [-0.25, -0.2) is 0 Å². The summed E-state index contributed by atoms with van der Waals surface area (Å²) in [7, 11) is 0. The van der Waals surface area contributed by atoms with Gasteiger partial charge in [0.1, 0.15) is 0 Å². The van der Waals surface area contributed by atoms with E-state index in [1.165, 1.54) is 22.3 Å². The van der Waals surface area contributed by atoms with Gasteiger partial charge in [0.05, 0.1) is 0 Å². The van der Waals surface area contributed by atoms with Gasteiger partial charge >= 0.3 is 0 Å². The maximum absolute atomic E-state index is 2.34. The van der Waals surface area contributed by atoms with Crippen molar-refractivity contribution in [2.45, 2.75) is 12.8 Å². The van der Waals surface area contributed by atoms with Gasteiger partial charge in [-0.05, 0) is 108 Å². The van der Waals surface area contributed by atoms with E-state index in [9.17, 15) is 0 Å². The highest BCUT2D eigenvalue weighted by molar-refractivity contribution is 5.81. The van der Waals surface area contributed by atoms with Crippen molar-refractivity contribution in [2.75, 3.05) is 9.80 Å². The van der Waals surface area contributed by atoms with Crippen LogP contribution in [0, 0.1) is 0 Å². The zero-order chi connectivity index (χ0) is 31.0. The van der Waals surface area contributed by atoms with Crippen LogP contribution in [0.1, 0.15) is 22.3 Å². The number of hydrogen-bond donors (Lipinski definition) is 0. The Morgan fingerprint density at radius 1 is 0.239 bits per heavy atom. The molecule has 0 atom stereocenters. The summed E-state index contributed by atoms with van der Waals surface area (Å²) < 4.78 is 0. The summed E-state index contributed by atoms with van der Waals surface area (Å²) in [6.45, 7) is 0. The zero-order valence-corrected chi connectivity index (χ0v) is 25.8. The second-order valence-electron chi connectivity index (χ2n) is 11.5. The summed E-state index contributed by atoms with van der Waals surface area (Å²) in [5.41, 5.74) is 11.9. The number of nitrogens with zero attached hydrogens (tertiary/aromatic N) is 2. The smallest absolute Gasteiger partial charge is 0.0464 e. The van der Waals surface area contributed by atoms with E-state index in [2.05, 4.69) is 204 Å². The van der Waals surface area contributed by atoms with Gasteiger partial charge in [0.25, 0.3) is 0 Å². The Labute approximate surface area is 272 Å². The van der Waals surface area contributed by atoms with Crippen molar-refractivity contribution in [3.8, 4) is 0 Å². The van der Waals surface area contributed by atoms with E-state index in [-0.39, 0.29) is 0 Å². The van der Waals surface area contributed by atoms with Crippen molar-refractivity contribution in [1.82, 2.24) is 0 Å². The van der Waals surface area contributed by atoms with E-state index < -0.39 is 0 Å². The summed E-state index contributed by atoms with van der Waals surface area (Å²) in [4.78, 5) is 4.68. The van der Waals surface area contributed by atoms with E-state index in [1.807, 2.05) is 0 Å². The Morgan fingerprint density at radius 3 is 0.891 bits per heavy atom. The predicted octanol–water partition coefficient (Wildman–Crippen LogP) is 11.8. The van der Waals surface area contributed by atoms with Gasteiger partial charge in [-0.2, -0.15) is 0 Å². The van der Waals surface area contributed by atoms with Crippen LogP contribution in [0.2, 0.25) is 0 Å². The van der Waals surface area contributed by atoms with E-state index >= 15 is 0 Å². The first kappa shape index (κ1) is 28.9. The quantitative estimate of drug-likeness (QED) is 0.156. The van der Waals surface area contributed by atoms with Crippen LogP contribution in [0.25, 0.3) is 0 Å². The van der Waals surface area contributed by atoms with Crippen LogP contribution in [0.3, 0.4) is 0 Å². The molecule has 2 nitrogen and oxygen atoms in total. The summed E-state index contributed by atoms with van der Waals surface area (Å²) in [5, 5.41) is 0. The summed E-state index contributed by atoms with van der Waals surface area (Å²) in [6.07, 6.45) is 1.79. The first-order valence-corrected chi connectivity index (χ1v) is 15.9. The van der Waals surface area contributed by atoms with Crippen molar-refractivity contribution in [3.05, 3.63) is 216 Å². The SMILES string of the molecule is c1ccc(Cc2cccc(N(c3ccccc3)c3ccc(N(c4ccccc4)c4cccc(Cc5ccccc5)c4)cc3)c2)cc1. The minimum absolute atomic E-state index is 0.894. The third-order valence-corrected chi connectivity index (χ3v) is 8.23. The van der Waals surface area contributed by atoms with Gasteiger partial charge in [0.15, 0.2) is 0 Å². The second-order valence-corrected chi connectivity index (χ2v) is 11.5. The molecular weight excluding hydrogens is 556 g/mol. The number of benzene rings is 7. The van der Waals surface area contributed by atoms with Crippen LogP contribution >= 0.6 is 0 Å². The first-order valence-electron chi connectivity index (χ1n) is 15.9. The third-order valence-electron chi connectivity index (χ3n) is 8.23. The molecule has 0 radical (unpaired) electrons. The third kappa shape index (κ3) is 6.77. The van der Waals surface area contributed by atoms with Gasteiger partial charge in [0.2, 0.25) is 0 Å². The topological polar surface area (TPSA) is 6.48 Å². The summed E-state index contributed by atoms with van der Waals surface area (Å²) in [6, 6.07) is 69.3. The minimum atomic E-state index is 0.894. The number of para-hydroxylation sites is 2. The van der Waals surface area contributed by atoms with Gasteiger partial charge in [-0.15, -0.1) is 0 Å². The highest BCUT2D eigenvalue weighted by Crippen LogP contribution is 2.39. The predicted molar refractivity (Wildman–Crippen MR) is 194 cm³/mol. The maximum atomic E-state index is 2.34. The molecular formula is C44H36N2. The standard InChI is InChI=1S/C44H36N2/c1-5-15-35(16-6-1)31-37-19-13-25-43(33-37)45(39-21-9-3-10-22-39)41-27-29-42(30-28-41)46(40-23-11-4-12-24-40)44-26-14-20-38(34-44)32-36-17-7-2-8-18-36/h1-30,33-34H,31-32H2. The molecule has 0 heterocycles. The Bertz CT molecular complexity index is 1820. The molecule has 7 aromatic rings. The van der Waals surface area contributed by atoms with Crippen LogP contribution < -0.4 is 9.80 Å². The molecule has 0 aliphatic heterocycles. The maximum Gasteiger partial charge on any atom is 0.0464 e. The fourth-order valence-electron chi connectivity index (χ4n) is 6.07. The normalized spacial score (nSPS) is 10.8. The number of anilines is 6. The lowest BCUT2D eigenvalue weighted by Gasteiger charge is -2.28. The first-order chi connectivity index (χ1) is 22.8. The van der Waals surface area contributed by atoms with Crippen molar-refractivity contribution in [1.29, 1.82) is 0 Å². The Morgan fingerprint density at radius 2 is 0.522 bits per heavy atom. The lowest BCUT2D eigenvalue weighted by atomic mass is 10.0. The molecule has 7 aromatic carbocycles. The molecule has 0 saturated carbocycles. The molecule has 0 aromatic heterocycles. The minimum Gasteiger partial charge on any atom is -0.310 e. The molecule has 0 fully saturated rings. The van der Waals surface area contributed by atoms with Crippen LogP contribution in [0.4, 0.5) is 34.1 Å².